The molecule has 10 heteroatoms. The molecule has 0 radical (unpaired) electrons. The van der Waals surface area contributed by atoms with Gasteiger partial charge in [0.05, 0.1) is 27.7 Å². The average molecular weight is 497 g/mol. The van der Waals surface area contributed by atoms with Gasteiger partial charge in [0.2, 0.25) is 5.91 Å². The highest BCUT2D eigenvalue weighted by Crippen LogP contribution is 2.32. The summed E-state index contributed by atoms with van der Waals surface area (Å²) in [7, 11) is 0. The minimum atomic E-state index is -0.234. The topological polar surface area (TPSA) is 77.6 Å². The van der Waals surface area contributed by atoms with E-state index in [0.717, 1.165) is 27.1 Å². The summed E-state index contributed by atoms with van der Waals surface area (Å²) in [6.45, 7) is 2.47. The van der Waals surface area contributed by atoms with Gasteiger partial charge in [-0.1, -0.05) is 35.3 Å². The van der Waals surface area contributed by atoms with Crippen LogP contribution in [0.3, 0.4) is 0 Å². The van der Waals surface area contributed by atoms with Crippen molar-refractivity contribution in [1.29, 1.82) is 0 Å². The smallest absolute Gasteiger partial charge is 0.247 e. The van der Waals surface area contributed by atoms with Crippen molar-refractivity contribution in [3.8, 4) is 10.4 Å². The Balaban J connectivity index is 1.31. The van der Waals surface area contributed by atoms with Gasteiger partial charge >= 0.3 is 0 Å². The van der Waals surface area contributed by atoms with Crippen LogP contribution in [-0.2, 0) is 17.9 Å². The summed E-state index contributed by atoms with van der Waals surface area (Å²) >= 11 is 13.7. The lowest BCUT2D eigenvalue weighted by Crippen LogP contribution is -2.20. The van der Waals surface area contributed by atoms with Crippen molar-refractivity contribution in [2.45, 2.75) is 20.0 Å². The number of hydrogen-bond donors (Lipinski definition) is 1. The number of carbonyl (C=O) groups excluding carboxylic acids is 1. The summed E-state index contributed by atoms with van der Waals surface area (Å²) < 4.78 is 3.35. The lowest BCUT2D eigenvalue weighted by molar-refractivity contribution is -0.116. The van der Waals surface area contributed by atoms with Gasteiger partial charge in [0.1, 0.15) is 6.54 Å². The Labute approximate surface area is 203 Å². The van der Waals surface area contributed by atoms with Crippen molar-refractivity contribution in [3.63, 3.8) is 0 Å². The highest BCUT2D eigenvalue weighted by atomic mass is 35.5. The van der Waals surface area contributed by atoms with E-state index in [1.807, 2.05) is 30.5 Å². The van der Waals surface area contributed by atoms with Crippen molar-refractivity contribution in [2.24, 2.45) is 0 Å². The summed E-state index contributed by atoms with van der Waals surface area (Å²) in [4.78, 5) is 18.3. The number of halogens is 2. The minimum Gasteiger partial charge on any atom is -0.308 e. The third-order valence-electron chi connectivity index (χ3n) is 5.12. The molecule has 166 valence electrons. The van der Waals surface area contributed by atoms with E-state index in [4.69, 9.17) is 23.2 Å². The molecule has 0 atom stereocenters. The first kappa shape index (κ1) is 21.6. The number of amides is 1. The second-order valence-corrected chi connectivity index (χ2v) is 9.23. The van der Waals surface area contributed by atoms with Crippen LogP contribution in [0.15, 0.2) is 60.2 Å². The first-order chi connectivity index (χ1) is 16.0. The fourth-order valence-electron chi connectivity index (χ4n) is 3.69. The summed E-state index contributed by atoms with van der Waals surface area (Å²) in [6.07, 6.45) is 3.54. The molecule has 1 N–H and O–H groups in total. The summed E-state index contributed by atoms with van der Waals surface area (Å²) in [6, 6.07) is 13.2. The monoisotopic (exact) mass is 496 g/mol. The number of nitrogens with one attached hydrogen (secondary N) is 1. The molecule has 0 aliphatic carbocycles. The number of aryl methyl sites for hydroxylation is 1. The van der Waals surface area contributed by atoms with Crippen LogP contribution < -0.4 is 5.32 Å². The van der Waals surface area contributed by atoms with Crippen molar-refractivity contribution in [3.05, 3.63) is 81.5 Å². The quantitative estimate of drug-likeness (QED) is 0.329. The third-order valence-corrected chi connectivity index (χ3v) is 6.77. The van der Waals surface area contributed by atoms with Crippen LogP contribution in [0, 0.1) is 6.92 Å². The van der Waals surface area contributed by atoms with Crippen LogP contribution in [0.2, 0.25) is 10.0 Å². The predicted octanol–water partition coefficient (Wildman–Crippen LogP) is 5.66. The average Bonchev–Trinajstić information content (AvgIpc) is 3.53. The van der Waals surface area contributed by atoms with E-state index in [0.29, 0.717) is 28.1 Å². The van der Waals surface area contributed by atoms with Gasteiger partial charge in [0, 0.05) is 28.9 Å². The number of benzene rings is 1. The van der Waals surface area contributed by atoms with E-state index in [1.54, 1.807) is 51.3 Å². The number of nitrogens with zero attached hydrogens (tertiary/aromatic N) is 5. The van der Waals surface area contributed by atoms with Gasteiger partial charge in [0.15, 0.2) is 11.5 Å². The Kier molecular flexibility index (Phi) is 5.88. The summed E-state index contributed by atoms with van der Waals surface area (Å²) in [5.41, 5.74) is 3.54. The van der Waals surface area contributed by atoms with Gasteiger partial charge in [-0.05, 0) is 42.1 Å². The molecule has 0 fully saturated rings. The molecule has 1 amide bonds. The van der Waals surface area contributed by atoms with Crippen LogP contribution in [0.25, 0.3) is 21.5 Å². The number of aromatic nitrogens is 5. The molecule has 0 spiro atoms. The molecular weight excluding hydrogens is 479 g/mol. The third kappa shape index (κ3) is 4.50. The number of carbonyl (C=O) groups is 1. The Morgan fingerprint density at radius 1 is 1.12 bits per heavy atom. The van der Waals surface area contributed by atoms with Gasteiger partial charge in [-0.3, -0.25) is 9.48 Å². The normalized spacial score (nSPS) is 11.2. The first-order valence-corrected chi connectivity index (χ1v) is 11.7. The van der Waals surface area contributed by atoms with Gasteiger partial charge in [-0.15, -0.1) is 11.3 Å². The Hall–Kier alpha value is -3.20. The largest absolute Gasteiger partial charge is 0.308 e. The molecular formula is C23H18Cl2N6OS. The van der Waals surface area contributed by atoms with Gasteiger partial charge < -0.3 is 5.32 Å². The second-order valence-electron chi connectivity index (χ2n) is 7.47. The molecule has 0 aliphatic rings. The van der Waals surface area contributed by atoms with Crippen molar-refractivity contribution in [2.75, 3.05) is 5.32 Å². The molecule has 33 heavy (non-hydrogen) atoms. The lowest BCUT2D eigenvalue weighted by atomic mass is 10.1. The molecule has 0 bridgehead atoms. The molecule has 5 aromatic rings. The van der Waals surface area contributed by atoms with Crippen LogP contribution in [0.4, 0.5) is 5.82 Å². The van der Waals surface area contributed by atoms with Gasteiger partial charge in [-0.25, -0.2) is 9.67 Å². The Morgan fingerprint density at radius 3 is 2.79 bits per heavy atom. The standard InChI is InChI=1S/C23H18Cl2N6OS/c1-14-22-16(19-3-2-10-33-19)6-8-26-23(22)31(28-14)13-21(32)27-20-7-9-30(29-20)12-15-4-5-17(24)18(25)11-15/h2-11H,12-13H2,1H3,(H,27,29,32). The maximum atomic E-state index is 12.7. The number of thiophene rings is 1. The van der Waals surface area contributed by atoms with Crippen molar-refractivity contribution >= 4 is 57.3 Å². The van der Waals surface area contributed by atoms with Gasteiger partial charge in [-0.2, -0.15) is 10.2 Å². The van der Waals surface area contributed by atoms with E-state index in [-0.39, 0.29) is 12.5 Å². The second kappa shape index (κ2) is 8.97. The molecule has 4 heterocycles. The van der Waals surface area contributed by atoms with Crippen molar-refractivity contribution < 1.29 is 4.79 Å². The maximum Gasteiger partial charge on any atom is 0.247 e. The van der Waals surface area contributed by atoms with E-state index in [1.165, 1.54) is 0 Å². The highest BCUT2D eigenvalue weighted by molar-refractivity contribution is 7.13. The first-order valence-electron chi connectivity index (χ1n) is 10.1. The number of pyridine rings is 1. The zero-order valence-corrected chi connectivity index (χ0v) is 19.8. The fourth-order valence-corrected chi connectivity index (χ4v) is 4.77. The maximum absolute atomic E-state index is 12.7. The van der Waals surface area contributed by atoms with Crippen molar-refractivity contribution in [1.82, 2.24) is 24.5 Å². The van der Waals surface area contributed by atoms with E-state index in [9.17, 15) is 4.79 Å². The zero-order chi connectivity index (χ0) is 22.9. The molecule has 5 rings (SSSR count). The van der Waals surface area contributed by atoms with E-state index in [2.05, 4.69) is 26.6 Å². The fraction of sp³-hybridized carbons (Fsp3) is 0.130. The molecule has 4 aromatic heterocycles. The number of rotatable bonds is 6. The molecule has 7 nitrogen and oxygen atoms in total. The highest BCUT2D eigenvalue weighted by Gasteiger charge is 2.17. The minimum absolute atomic E-state index is 0.0326. The molecule has 0 unspecified atom stereocenters. The molecule has 0 saturated heterocycles. The van der Waals surface area contributed by atoms with Crippen LogP contribution >= 0.6 is 34.5 Å². The Bertz CT molecular complexity index is 1460. The predicted molar refractivity (Wildman–Crippen MR) is 132 cm³/mol. The molecule has 0 aliphatic heterocycles. The number of anilines is 1. The number of hydrogen-bond acceptors (Lipinski definition) is 5. The molecule has 0 saturated carbocycles. The Morgan fingerprint density at radius 2 is 2.00 bits per heavy atom. The van der Waals surface area contributed by atoms with Crippen LogP contribution in [-0.4, -0.2) is 30.5 Å². The van der Waals surface area contributed by atoms with Crippen LogP contribution in [0.1, 0.15) is 11.3 Å². The summed E-state index contributed by atoms with van der Waals surface area (Å²) in [5, 5.41) is 15.8. The summed E-state index contributed by atoms with van der Waals surface area (Å²) in [5.74, 6) is 0.225. The van der Waals surface area contributed by atoms with Crippen LogP contribution in [0.5, 0.6) is 0 Å². The van der Waals surface area contributed by atoms with E-state index >= 15 is 0 Å². The van der Waals surface area contributed by atoms with Gasteiger partial charge in [0.25, 0.3) is 0 Å². The lowest BCUT2D eigenvalue weighted by Gasteiger charge is -2.05. The SMILES string of the molecule is Cc1nn(CC(=O)Nc2ccn(Cc3ccc(Cl)c(Cl)c3)n2)c2nccc(-c3cccs3)c12. The molecule has 1 aromatic carbocycles. The van der Waals surface area contributed by atoms with E-state index < -0.39 is 0 Å². The zero-order valence-electron chi connectivity index (χ0n) is 17.5. The number of fused-ring (bicyclic) bond motifs is 1.